The summed E-state index contributed by atoms with van der Waals surface area (Å²) in [5.74, 6) is 1.80. The molecule has 1 aromatic heterocycles. The number of ether oxygens (including phenoxy) is 3. The van der Waals surface area contributed by atoms with Gasteiger partial charge in [0.2, 0.25) is 5.78 Å². The van der Waals surface area contributed by atoms with E-state index in [1.165, 1.54) is 0 Å². The van der Waals surface area contributed by atoms with Gasteiger partial charge in [0.05, 0.1) is 14.2 Å². The van der Waals surface area contributed by atoms with Crippen molar-refractivity contribution in [3.05, 3.63) is 89.2 Å². The maximum Gasteiger partial charge on any atom is 0.228 e. The number of carbonyl (C=O) groups excluding carboxylic acids is 2. The van der Waals surface area contributed by atoms with Crippen LogP contribution in [0.15, 0.2) is 71.1 Å². The summed E-state index contributed by atoms with van der Waals surface area (Å²) in [6.45, 7) is 1.72. The molecule has 1 heterocycles. The molecule has 0 atom stereocenters. The standard InChI is InChI=1S/C26H22O6/c1-16-22-14-21(31-15-23(27)17-4-8-19(29-2)9-5-17)12-13-24(22)32-26(16)25(28)18-6-10-20(30-3)11-7-18/h4-14H,15H2,1-3H3. The molecule has 0 aliphatic carbocycles. The molecule has 162 valence electrons. The fourth-order valence-corrected chi connectivity index (χ4v) is 3.39. The number of aryl methyl sites for hydroxylation is 1. The van der Waals surface area contributed by atoms with E-state index in [9.17, 15) is 9.59 Å². The van der Waals surface area contributed by atoms with Gasteiger partial charge in [0.15, 0.2) is 18.2 Å². The molecule has 4 rings (SSSR count). The third-order valence-electron chi connectivity index (χ3n) is 5.25. The van der Waals surface area contributed by atoms with Gasteiger partial charge in [-0.3, -0.25) is 9.59 Å². The molecule has 0 aliphatic heterocycles. The Morgan fingerprint density at radius 2 is 1.34 bits per heavy atom. The van der Waals surface area contributed by atoms with Gasteiger partial charge in [-0.05, 0) is 73.7 Å². The van der Waals surface area contributed by atoms with Gasteiger partial charge in [0.1, 0.15) is 22.8 Å². The molecule has 4 aromatic rings. The summed E-state index contributed by atoms with van der Waals surface area (Å²) >= 11 is 0. The molecule has 0 aliphatic rings. The number of methoxy groups -OCH3 is 2. The van der Waals surface area contributed by atoms with E-state index in [0.29, 0.717) is 39.5 Å². The zero-order valence-electron chi connectivity index (χ0n) is 18.0. The van der Waals surface area contributed by atoms with E-state index in [2.05, 4.69) is 0 Å². The number of carbonyl (C=O) groups is 2. The summed E-state index contributed by atoms with van der Waals surface area (Å²) in [6, 6.07) is 19.0. The van der Waals surface area contributed by atoms with E-state index in [-0.39, 0.29) is 23.9 Å². The predicted molar refractivity (Wildman–Crippen MR) is 120 cm³/mol. The van der Waals surface area contributed by atoms with Gasteiger partial charge >= 0.3 is 0 Å². The molecule has 0 saturated heterocycles. The quantitative estimate of drug-likeness (QED) is 0.355. The van der Waals surface area contributed by atoms with E-state index in [1.54, 1.807) is 80.9 Å². The first kappa shape index (κ1) is 21.2. The van der Waals surface area contributed by atoms with Crippen molar-refractivity contribution in [3.8, 4) is 17.2 Å². The van der Waals surface area contributed by atoms with Crippen molar-refractivity contribution in [2.24, 2.45) is 0 Å². The summed E-state index contributed by atoms with van der Waals surface area (Å²) < 4.78 is 21.8. The molecule has 3 aromatic carbocycles. The number of hydrogen-bond donors (Lipinski definition) is 0. The lowest BCUT2D eigenvalue weighted by molar-refractivity contribution is 0.0921. The van der Waals surface area contributed by atoms with Crippen LogP contribution in [0.2, 0.25) is 0 Å². The minimum Gasteiger partial charge on any atom is -0.497 e. The van der Waals surface area contributed by atoms with Gasteiger partial charge in [0.25, 0.3) is 0 Å². The molecule has 0 N–H and O–H groups in total. The monoisotopic (exact) mass is 430 g/mol. The minimum atomic E-state index is -0.210. The van der Waals surface area contributed by atoms with Crippen LogP contribution in [0.4, 0.5) is 0 Å². The van der Waals surface area contributed by atoms with Crippen LogP contribution in [-0.2, 0) is 0 Å². The smallest absolute Gasteiger partial charge is 0.228 e. The average molecular weight is 430 g/mol. The molecule has 0 fully saturated rings. The first-order chi connectivity index (χ1) is 15.5. The molecule has 0 amide bonds. The van der Waals surface area contributed by atoms with Crippen LogP contribution in [0, 0.1) is 6.92 Å². The molecule has 0 unspecified atom stereocenters. The molecule has 32 heavy (non-hydrogen) atoms. The normalized spacial score (nSPS) is 10.7. The Kier molecular flexibility index (Phi) is 5.94. The Balaban J connectivity index is 1.51. The molecule has 0 radical (unpaired) electrons. The summed E-state index contributed by atoms with van der Waals surface area (Å²) in [6.07, 6.45) is 0. The van der Waals surface area contributed by atoms with Crippen LogP contribution < -0.4 is 14.2 Å². The second-order valence-corrected chi connectivity index (χ2v) is 7.21. The molecule has 0 spiro atoms. The highest BCUT2D eigenvalue weighted by molar-refractivity contribution is 6.10. The third-order valence-corrected chi connectivity index (χ3v) is 5.25. The number of rotatable bonds is 8. The Bertz CT molecular complexity index is 1270. The van der Waals surface area contributed by atoms with E-state index >= 15 is 0 Å². The first-order valence-electron chi connectivity index (χ1n) is 10.0. The lowest BCUT2D eigenvalue weighted by Crippen LogP contribution is -2.11. The van der Waals surface area contributed by atoms with Crippen molar-refractivity contribution in [3.63, 3.8) is 0 Å². The number of Topliss-reactive ketones (excluding diaryl/α,β-unsaturated/α-hetero) is 1. The molecule has 0 saturated carbocycles. The Morgan fingerprint density at radius 1 is 0.781 bits per heavy atom. The highest BCUT2D eigenvalue weighted by Crippen LogP contribution is 2.30. The van der Waals surface area contributed by atoms with Gasteiger partial charge in [-0.25, -0.2) is 0 Å². The largest absolute Gasteiger partial charge is 0.497 e. The molecule has 6 nitrogen and oxygen atoms in total. The molecular weight excluding hydrogens is 408 g/mol. The summed E-state index contributed by atoms with van der Waals surface area (Å²) in [5, 5.41) is 0.760. The van der Waals surface area contributed by atoms with Crippen LogP contribution in [0.5, 0.6) is 17.2 Å². The minimum absolute atomic E-state index is 0.105. The highest BCUT2D eigenvalue weighted by atomic mass is 16.5. The van der Waals surface area contributed by atoms with Crippen molar-refractivity contribution in [1.82, 2.24) is 0 Å². The maximum absolute atomic E-state index is 12.9. The van der Waals surface area contributed by atoms with Crippen molar-refractivity contribution in [1.29, 1.82) is 0 Å². The molecular formula is C26H22O6. The van der Waals surface area contributed by atoms with E-state index in [4.69, 9.17) is 18.6 Å². The van der Waals surface area contributed by atoms with E-state index in [0.717, 1.165) is 5.39 Å². The maximum atomic E-state index is 12.9. The van der Waals surface area contributed by atoms with Gasteiger partial charge in [-0.1, -0.05) is 0 Å². The van der Waals surface area contributed by atoms with E-state index in [1.807, 2.05) is 6.92 Å². The van der Waals surface area contributed by atoms with Gasteiger partial charge < -0.3 is 18.6 Å². The Morgan fingerprint density at radius 3 is 1.94 bits per heavy atom. The zero-order chi connectivity index (χ0) is 22.7. The summed E-state index contributed by atoms with van der Waals surface area (Å²) in [7, 11) is 3.15. The van der Waals surface area contributed by atoms with E-state index < -0.39 is 0 Å². The fourth-order valence-electron chi connectivity index (χ4n) is 3.39. The molecule has 6 heteroatoms. The Labute approximate surface area is 185 Å². The zero-order valence-corrected chi connectivity index (χ0v) is 18.0. The van der Waals surface area contributed by atoms with Crippen molar-refractivity contribution < 1.29 is 28.2 Å². The lowest BCUT2D eigenvalue weighted by Gasteiger charge is -2.06. The number of hydrogen-bond acceptors (Lipinski definition) is 6. The van der Waals surface area contributed by atoms with Crippen LogP contribution in [0.1, 0.15) is 32.0 Å². The van der Waals surface area contributed by atoms with Crippen LogP contribution in [0.25, 0.3) is 11.0 Å². The van der Waals surface area contributed by atoms with Gasteiger partial charge in [0, 0.05) is 22.1 Å². The van der Waals surface area contributed by atoms with Crippen LogP contribution in [-0.4, -0.2) is 32.4 Å². The number of fused-ring (bicyclic) bond motifs is 1. The van der Waals surface area contributed by atoms with Gasteiger partial charge in [-0.15, -0.1) is 0 Å². The number of benzene rings is 3. The predicted octanol–water partition coefficient (Wildman–Crippen LogP) is 5.25. The van der Waals surface area contributed by atoms with Crippen molar-refractivity contribution in [2.45, 2.75) is 6.92 Å². The second-order valence-electron chi connectivity index (χ2n) is 7.21. The number of ketones is 2. The SMILES string of the molecule is COc1ccc(C(=O)COc2ccc3oc(C(=O)c4ccc(OC)cc4)c(C)c3c2)cc1. The highest BCUT2D eigenvalue weighted by Gasteiger charge is 2.20. The first-order valence-corrected chi connectivity index (χ1v) is 10.0. The summed E-state index contributed by atoms with van der Waals surface area (Å²) in [5.41, 5.74) is 2.34. The average Bonchev–Trinajstić information content (AvgIpc) is 3.18. The fraction of sp³-hybridized carbons (Fsp3) is 0.154. The number of furan rings is 1. The molecule has 0 bridgehead atoms. The van der Waals surface area contributed by atoms with Crippen LogP contribution >= 0.6 is 0 Å². The van der Waals surface area contributed by atoms with Crippen molar-refractivity contribution in [2.75, 3.05) is 20.8 Å². The third kappa shape index (κ3) is 4.21. The topological polar surface area (TPSA) is 75.0 Å². The van der Waals surface area contributed by atoms with Crippen LogP contribution in [0.3, 0.4) is 0 Å². The second kappa shape index (κ2) is 8.98. The van der Waals surface area contributed by atoms with Gasteiger partial charge in [-0.2, -0.15) is 0 Å². The van der Waals surface area contributed by atoms with Crippen molar-refractivity contribution >= 4 is 22.5 Å². The Hall–Kier alpha value is -4.06. The lowest BCUT2D eigenvalue weighted by atomic mass is 10.0. The summed E-state index contributed by atoms with van der Waals surface area (Å²) in [4.78, 5) is 25.3.